The van der Waals surface area contributed by atoms with Gasteiger partial charge < -0.3 is 29.8 Å². The van der Waals surface area contributed by atoms with Gasteiger partial charge in [-0.25, -0.2) is 9.18 Å². The Balaban J connectivity index is 1.31. The molecule has 2 heterocycles. The number of likely N-dealkylation sites (tertiary alicyclic amines) is 1. The molecule has 2 fully saturated rings. The van der Waals surface area contributed by atoms with Gasteiger partial charge in [-0.2, -0.15) is 0 Å². The Kier molecular flexibility index (Phi) is 10.1. The summed E-state index contributed by atoms with van der Waals surface area (Å²) < 4.78 is 29.0. The molecule has 9 nitrogen and oxygen atoms in total. The third kappa shape index (κ3) is 7.08. The van der Waals surface area contributed by atoms with E-state index >= 15 is 0 Å². The Morgan fingerprint density at radius 2 is 1.81 bits per heavy atom. The smallest absolute Gasteiger partial charge is 0.374 e. The molecule has 3 atom stereocenters. The molecule has 10 heteroatoms. The van der Waals surface area contributed by atoms with Crippen LogP contribution >= 0.6 is 0 Å². The molecule has 2 amide bonds. The van der Waals surface area contributed by atoms with Crippen LogP contribution in [0.15, 0.2) is 59.0 Å². The molecule has 0 spiro atoms. The highest BCUT2D eigenvalue weighted by molar-refractivity contribution is 6.00. The van der Waals surface area contributed by atoms with Crippen molar-refractivity contribution in [3.05, 3.63) is 65.9 Å². The van der Waals surface area contributed by atoms with Crippen molar-refractivity contribution in [1.82, 2.24) is 4.90 Å². The molecule has 0 unspecified atom stereocenters. The van der Waals surface area contributed by atoms with Crippen LogP contribution in [-0.2, 0) is 19.1 Å². The second kappa shape index (κ2) is 14.1. The summed E-state index contributed by atoms with van der Waals surface area (Å²) in [6.45, 7) is 0.636. The summed E-state index contributed by atoms with van der Waals surface area (Å²) in [6.07, 6.45) is 3.96. The molecule has 2 aliphatic rings. The normalized spacial score (nSPS) is 22.8. The number of hydrogen-bond donors (Lipinski definition) is 2. The predicted octanol–water partition coefficient (Wildman–Crippen LogP) is 5.05. The van der Waals surface area contributed by atoms with E-state index in [9.17, 15) is 18.8 Å². The van der Waals surface area contributed by atoms with E-state index in [0.717, 1.165) is 5.56 Å². The van der Waals surface area contributed by atoms with Crippen molar-refractivity contribution in [2.45, 2.75) is 56.5 Å². The molecule has 1 aliphatic heterocycles. The van der Waals surface area contributed by atoms with Gasteiger partial charge in [0.05, 0.1) is 6.61 Å². The third-order valence-electron chi connectivity index (χ3n) is 8.79. The fourth-order valence-corrected chi connectivity index (χ4v) is 6.45. The molecule has 3 N–H and O–H groups in total. The summed E-state index contributed by atoms with van der Waals surface area (Å²) >= 11 is 0. The van der Waals surface area contributed by atoms with E-state index in [1.165, 1.54) is 0 Å². The largest absolute Gasteiger partial charge is 0.460 e. The SMILES string of the molecule is COCCCOC(=O)c1cc2cc(NC(=O)[C@@H]3[C@@H](c4ccccc4)CCN3C(=O)C3CCC([C@H](N)CF)CC3)ccc2o1. The average Bonchev–Trinajstić information content (AvgIpc) is 3.68. The van der Waals surface area contributed by atoms with Crippen LogP contribution in [0.3, 0.4) is 0 Å². The number of amides is 2. The molecule has 43 heavy (non-hydrogen) atoms. The fourth-order valence-electron chi connectivity index (χ4n) is 6.45. The minimum absolute atomic E-state index is 0.0233. The minimum Gasteiger partial charge on any atom is -0.460 e. The van der Waals surface area contributed by atoms with Gasteiger partial charge in [0.15, 0.2) is 0 Å². The number of rotatable bonds is 11. The van der Waals surface area contributed by atoms with Crippen molar-refractivity contribution in [3.8, 4) is 0 Å². The number of carbonyl (C=O) groups excluding carboxylic acids is 3. The molecule has 1 saturated carbocycles. The lowest BCUT2D eigenvalue weighted by Gasteiger charge is -2.35. The van der Waals surface area contributed by atoms with Crippen LogP contribution in [0, 0.1) is 11.8 Å². The highest BCUT2D eigenvalue weighted by atomic mass is 19.1. The van der Waals surface area contributed by atoms with Crippen LogP contribution < -0.4 is 11.1 Å². The molecule has 230 valence electrons. The van der Waals surface area contributed by atoms with Crippen molar-refractivity contribution < 1.29 is 32.7 Å². The Labute approximate surface area is 250 Å². The second-order valence-corrected chi connectivity index (χ2v) is 11.5. The number of nitrogens with one attached hydrogen (secondary N) is 1. The van der Waals surface area contributed by atoms with E-state index in [2.05, 4.69) is 5.32 Å². The zero-order valence-corrected chi connectivity index (χ0v) is 24.5. The summed E-state index contributed by atoms with van der Waals surface area (Å²) in [5, 5.41) is 3.66. The molecule has 2 aromatic carbocycles. The number of nitrogens with two attached hydrogens (primary N) is 1. The summed E-state index contributed by atoms with van der Waals surface area (Å²) in [5.74, 6) is -1.06. The van der Waals surface area contributed by atoms with Gasteiger partial charge in [0.25, 0.3) is 0 Å². The summed E-state index contributed by atoms with van der Waals surface area (Å²) in [7, 11) is 1.58. The lowest BCUT2D eigenvalue weighted by molar-refractivity contribution is -0.141. The van der Waals surface area contributed by atoms with Crippen molar-refractivity contribution in [1.29, 1.82) is 0 Å². The van der Waals surface area contributed by atoms with Crippen LogP contribution in [0.5, 0.6) is 0 Å². The number of methoxy groups -OCH3 is 1. The quantitative estimate of drug-likeness (QED) is 0.235. The molecule has 0 bridgehead atoms. The highest BCUT2D eigenvalue weighted by Gasteiger charge is 2.44. The zero-order chi connectivity index (χ0) is 30.3. The summed E-state index contributed by atoms with van der Waals surface area (Å²) in [6, 6.07) is 15.4. The monoisotopic (exact) mass is 593 g/mol. The number of carbonyl (C=O) groups is 3. The molecule has 1 aliphatic carbocycles. The molecular weight excluding hydrogens is 553 g/mol. The first-order chi connectivity index (χ1) is 20.9. The van der Waals surface area contributed by atoms with Crippen LogP contribution in [0.4, 0.5) is 10.1 Å². The number of fused-ring (bicyclic) bond motifs is 1. The Hall–Kier alpha value is -3.76. The van der Waals surface area contributed by atoms with Gasteiger partial charge in [-0.05, 0) is 67.9 Å². The summed E-state index contributed by atoms with van der Waals surface area (Å²) in [5.41, 5.74) is 7.96. The van der Waals surface area contributed by atoms with Crippen LogP contribution in [0.25, 0.3) is 11.0 Å². The van der Waals surface area contributed by atoms with E-state index in [4.69, 9.17) is 19.6 Å². The molecular formula is C33H40FN3O6. The number of hydrogen-bond acceptors (Lipinski definition) is 7. The van der Waals surface area contributed by atoms with Crippen LogP contribution in [0.2, 0.25) is 0 Å². The second-order valence-electron chi connectivity index (χ2n) is 11.5. The fraction of sp³-hybridized carbons (Fsp3) is 0.485. The van der Waals surface area contributed by atoms with Crippen molar-refractivity contribution in [3.63, 3.8) is 0 Å². The zero-order valence-electron chi connectivity index (χ0n) is 24.5. The standard InChI is InChI=1S/C33H40FN3O6/c1-41-16-5-17-42-33(40)29-19-24-18-25(12-13-28(24)43-29)36-31(38)30-26(21-6-3-2-4-7-21)14-15-37(30)32(39)23-10-8-22(9-11-23)27(35)20-34/h2-4,6-7,12-13,18-19,22-23,26-27,30H,5,8-11,14-17,20,35H2,1H3,(H,36,38)/t22?,23?,26-,27-,30+/m1/s1. The number of benzene rings is 2. The number of halogens is 1. The van der Waals surface area contributed by atoms with Gasteiger partial charge >= 0.3 is 5.97 Å². The maximum atomic E-state index is 13.9. The van der Waals surface area contributed by atoms with Gasteiger partial charge in [0.2, 0.25) is 17.6 Å². The van der Waals surface area contributed by atoms with Gasteiger partial charge in [0.1, 0.15) is 18.3 Å². The lowest BCUT2D eigenvalue weighted by Crippen LogP contribution is -2.48. The molecule has 3 aromatic rings. The molecule has 1 saturated heterocycles. The topological polar surface area (TPSA) is 124 Å². The first-order valence-corrected chi connectivity index (χ1v) is 15.1. The van der Waals surface area contributed by atoms with Gasteiger partial charge in [-0.3, -0.25) is 9.59 Å². The summed E-state index contributed by atoms with van der Waals surface area (Å²) in [4.78, 5) is 41.9. The minimum atomic E-state index is -0.682. The number of furan rings is 1. The van der Waals surface area contributed by atoms with E-state index in [0.29, 0.717) is 68.3 Å². The first-order valence-electron chi connectivity index (χ1n) is 15.1. The number of nitrogens with zero attached hydrogens (tertiary/aromatic N) is 1. The van der Waals surface area contributed by atoms with Crippen molar-refractivity contribution >= 4 is 34.4 Å². The first kappa shape index (κ1) is 30.7. The number of anilines is 1. The maximum Gasteiger partial charge on any atom is 0.374 e. The Bertz CT molecular complexity index is 1400. The van der Waals surface area contributed by atoms with Crippen LogP contribution in [0.1, 0.15) is 60.6 Å². The molecule has 1 aromatic heterocycles. The number of ether oxygens (including phenoxy) is 2. The maximum absolute atomic E-state index is 13.9. The van der Waals surface area contributed by atoms with E-state index in [-0.39, 0.29) is 41.9 Å². The van der Waals surface area contributed by atoms with Crippen molar-refractivity contribution in [2.75, 3.05) is 38.9 Å². The van der Waals surface area contributed by atoms with Crippen molar-refractivity contribution in [2.24, 2.45) is 17.6 Å². The van der Waals surface area contributed by atoms with E-state index in [1.807, 2.05) is 30.3 Å². The van der Waals surface area contributed by atoms with E-state index < -0.39 is 24.7 Å². The highest BCUT2D eigenvalue weighted by Crippen LogP contribution is 2.38. The molecule has 0 radical (unpaired) electrons. The third-order valence-corrected chi connectivity index (χ3v) is 8.79. The van der Waals surface area contributed by atoms with Gasteiger partial charge in [0, 0.05) is 55.6 Å². The number of alkyl halides is 1. The van der Waals surface area contributed by atoms with Gasteiger partial charge in [-0.15, -0.1) is 0 Å². The van der Waals surface area contributed by atoms with E-state index in [1.54, 1.807) is 36.3 Å². The predicted molar refractivity (Wildman–Crippen MR) is 160 cm³/mol. The molecule has 5 rings (SSSR count). The Morgan fingerprint density at radius 3 is 2.53 bits per heavy atom. The number of esters is 1. The lowest BCUT2D eigenvalue weighted by atomic mass is 9.78. The average molecular weight is 594 g/mol. The van der Waals surface area contributed by atoms with Crippen LogP contribution in [-0.4, -0.2) is 68.3 Å². The van der Waals surface area contributed by atoms with Gasteiger partial charge in [-0.1, -0.05) is 30.3 Å². The Morgan fingerprint density at radius 1 is 1.05 bits per heavy atom.